The van der Waals surface area contributed by atoms with E-state index in [9.17, 15) is 18.0 Å². The molecule has 0 bridgehead atoms. The van der Waals surface area contributed by atoms with Crippen LogP contribution in [0.2, 0.25) is 0 Å². The summed E-state index contributed by atoms with van der Waals surface area (Å²) in [6, 6.07) is 13.3. The van der Waals surface area contributed by atoms with Crippen LogP contribution < -0.4 is 0 Å². The van der Waals surface area contributed by atoms with Gasteiger partial charge in [-0.3, -0.25) is 4.79 Å². The minimum Gasteiger partial charge on any atom is -0.475 e. The highest BCUT2D eigenvalue weighted by molar-refractivity contribution is 7.08. The number of hydrogen-bond acceptors (Lipinski definition) is 4. The number of carbonyl (C=O) groups is 2. The van der Waals surface area contributed by atoms with E-state index < -0.39 is 12.1 Å². The Morgan fingerprint density at radius 2 is 1.77 bits per heavy atom. The molecule has 30 heavy (non-hydrogen) atoms. The first kappa shape index (κ1) is 22.3. The molecule has 2 unspecified atom stereocenters. The molecule has 1 aromatic heterocycles. The molecule has 2 fully saturated rings. The average Bonchev–Trinajstić information content (AvgIpc) is 3.37. The number of fused-ring (bicyclic) bond motifs is 1. The van der Waals surface area contributed by atoms with E-state index in [1.54, 1.807) is 11.3 Å². The van der Waals surface area contributed by atoms with Crippen LogP contribution in [0.1, 0.15) is 28.8 Å². The van der Waals surface area contributed by atoms with Gasteiger partial charge in [0.05, 0.1) is 5.56 Å². The van der Waals surface area contributed by atoms with Crippen LogP contribution in [0.15, 0.2) is 47.2 Å². The molecule has 2 aliphatic heterocycles. The van der Waals surface area contributed by atoms with Crippen molar-refractivity contribution in [3.05, 3.63) is 58.3 Å². The number of likely N-dealkylation sites (tertiary alicyclic amines) is 2. The number of aliphatic carboxylic acids is 1. The molecule has 0 saturated carbocycles. The first-order valence-electron chi connectivity index (χ1n) is 9.52. The number of alkyl halides is 3. The van der Waals surface area contributed by atoms with Gasteiger partial charge in [0.25, 0.3) is 5.91 Å². The molecule has 2 saturated heterocycles. The number of benzene rings is 1. The van der Waals surface area contributed by atoms with Crippen LogP contribution in [0.3, 0.4) is 0 Å². The SMILES string of the molecule is CN1CCC2(c3ccccc3)CCN(C(=O)c3ccsc3)CC12.O=C(O)C(F)(F)F. The standard InChI is InChI=1S/C19H22N2OS.C2HF3O2/c1-20-10-8-19(16-5-3-2-4-6-16)9-11-21(13-17(19)20)18(22)15-7-12-23-14-15;3-2(4,5)1(6)7/h2-7,12,14,17H,8-11,13H2,1H3;(H,6,7). The summed E-state index contributed by atoms with van der Waals surface area (Å²) in [4.78, 5) is 26.1. The number of halogens is 3. The number of likely N-dealkylation sites (N-methyl/N-ethyl adjacent to an activating group) is 1. The molecule has 1 amide bonds. The van der Waals surface area contributed by atoms with Gasteiger partial charge in [-0.1, -0.05) is 30.3 Å². The third-order valence-electron chi connectivity index (χ3n) is 5.95. The van der Waals surface area contributed by atoms with Gasteiger partial charge in [-0.05, 0) is 43.4 Å². The molecule has 2 atom stereocenters. The summed E-state index contributed by atoms with van der Waals surface area (Å²) in [6.45, 7) is 2.80. The Balaban J connectivity index is 0.000000318. The largest absolute Gasteiger partial charge is 0.490 e. The molecule has 9 heteroatoms. The van der Waals surface area contributed by atoms with E-state index in [4.69, 9.17) is 9.90 Å². The summed E-state index contributed by atoms with van der Waals surface area (Å²) in [7, 11) is 2.20. The predicted molar refractivity (Wildman–Crippen MR) is 108 cm³/mol. The van der Waals surface area contributed by atoms with E-state index in [-0.39, 0.29) is 11.3 Å². The van der Waals surface area contributed by atoms with Crippen molar-refractivity contribution in [1.82, 2.24) is 9.80 Å². The summed E-state index contributed by atoms with van der Waals surface area (Å²) in [5, 5.41) is 11.1. The zero-order valence-corrected chi connectivity index (χ0v) is 17.2. The van der Waals surface area contributed by atoms with Gasteiger partial charge in [-0.25, -0.2) is 4.79 Å². The summed E-state index contributed by atoms with van der Waals surface area (Å²) in [5.41, 5.74) is 2.49. The molecule has 2 aliphatic rings. The molecule has 3 heterocycles. The Bertz CT molecular complexity index is 873. The Kier molecular flexibility index (Phi) is 6.52. The van der Waals surface area contributed by atoms with Gasteiger partial charge in [0.15, 0.2) is 0 Å². The maximum atomic E-state index is 12.7. The van der Waals surface area contributed by atoms with Crippen LogP contribution in [0.25, 0.3) is 0 Å². The van der Waals surface area contributed by atoms with Crippen molar-refractivity contribution < 1.29 is 27.9 Å². The summed E-state index contributed by atoms with van der Waals surface area (Å²) < 4.78 is 31.7. The summed E-state index contributed by atoms with van der Waals surface area (Å²) in [6.07, 6.45) is -2.83. The number of piperidine rings is 1. The van der Waals surface area contributed by atoms with Gasteiger partial charge in [0.1, 0.15) is 0 Å². The Hall–Kier alpha value is -2.39. The number of hydrogen-bond donors (Lipinski definition) is 1. The quantitative estimate of drug-likeness (QED) is 0.770. The molecular formula is C21H23F3N2O3S. The number of rotatable bonds is 2. The van der Waals surface area contributed by atoms with Crippen LogP contribution in [0.4, 0.5) is 13.2 Å². The van der Waals surface area contributed by atoms with Gasteiger partial charge in [0.2, 0.25) is 0 Å². The third kappa shape index (κ3) is 4.52. The topological polar surface area (TPSA) is 60.9 Å². The fourth-order valence-electron chi connectivity index (χ4n) is 4.36. The lowest BCUT2D eigenvalue weighted by molar-refractivity contribution is -0.192. The lowest BCUT2D eigenvalue weighted by Gasteiger charge is -2.46. The van der Waals surface area contributed by atoms with Crippen LogP contribution in [0.5, 0.6) is 0 Å². The zero-order valence-electron chi connectivity index (χ0n) is 16.4. The van der Waals surface area contributed by atoms with Gasteiger partial charge < -0.3 is 14.9 Å². The zero-order chi connectivity index (χ0) is 21.9. The van der Waals surface area contributed by atoms with Crippen molar-refractivity contribution in [2.24, 2.45) is 0 Å². The highest BCUT2D eigenvalue weighted by Crippen LogP contribution is 2.45. The first-order valence-corrected chi connectivity index (χ1v) is 10.5. The third-order valence-corrected chi connectivity index (χ3v) is 6.63. The van der Waals surface area contributed by atoms with E-state index >= 15 is 0 Å². The highest BCUT2D eigenvalue weighted by atomic mass is 32.1. The molecule has 0 spiro atoms. The van der Waals surface area contributed by atoms with E-state index in [2.05, 4.69) is 47.2 Å². The Labute approximate surface area is 176 Å². The van der Waals surface area contributed by atoms with Crippen molar-refractivity contribution in [2.75, 3.05) is 26.7 Å². The molecule has 5 nitrogen and oxygen atoms in total. The van der Waals surface area contributed by atoms with Crippen LogP contribution in [0, 0.1) is 0 Å². The van der Waals surface area contributed by atoms with Crippen LogP contribution >= 0.6 is 11.3 Å². The summed E-state index contributed by atoms with van der Waals surface area (Å²) in [5.74, 6) is -2.57. The lowest BCUT2D eigenvalue weighted by Crippen LogP contribution is -2.56. The van der Waals surface area contributed by atoms with Gasteiger partial charge in [0, 0.05) is 29.9 Å². The second-order valence-corrected chi connectivity index (χ2v) is 8.36. The molecule has 0 radical (unpaired) electrons. The van der Waals surface area contributed by atoms with Crippen molar-refractivity contribution in [2.45, 2.75) is 30.5 Å². The Morgan fingerprint density at radius 3 is 2.33 bits per heavy atom. The normalized spacial score (nSPS) is 24.0. The monoisotopic (exact) mass is 440 g/mol. The van der Waals surface area contributed by atoms with Crippen LogP contribution in [-0.4, -0.2) is 65.7 Å². The first-order chi connectivity index (χ1) is 14.1. The average molecular weight is 440 g/mol. The number of thiophene rings is 1. The van der Waals surface area contributed by atoms with Crippen LogP contribution in [-0.2, 0) is 10.2 Å². The Morgan fingerprint density at radius 1 is 1.13 bits per heavy atom. The number of carboxylic acids is 1. The van der Waals surface area contributed by atoms with Gasteiger partial charge in [-0.15, -0.1) is 0 Å². The van der Waals surface area contributed by atoms with Crippen molar-refractivity contribution >= 4 is 23.2 Å². The number of carboxylic acid groups (broad SMARTS) is 1. The fourth-order valence-corrected chi connectivity index (χ4v) is 4.99. The maximum absolute atomic E-state index is 12.7. The van der Waals surface area contributed by atoms with E-state index in [0.29, 0.717) is 6.04 Å². The van der Waals surface area contributed by atoms with Crippen molar-refractivity contribution in [3.8, 4) is 0 Å². The van der Waals surface area contributed by atoms with E-state index in [0.717, 1.165) is 31.6 Å². The molecule has 4 rings (SSSR count). The lowest BCUT2D eigenvalue weighted by atomic mass is 9.69. The summed E-state index contributed by atoms with van der Waals surface area (Å²) >= 11 is 1.59. The number of carbonyl (C=O) groups excluding carboxylic acids is 1. The molecule has 1 N–H and O–H groups in total. The van der Waals surface area contributed by atoms with E-state index in [1.807, 2.05) is 16.8 Å². The minimum absolute atomic E-state index is 0.188. The molecule has 0 aliphatic carbocycles. The van der Waals surface area contributed by atoms with Gasteiger partial charge in [-0.2, -0.15) is 24.5 Å². The smallest absolute Gasteiger partial charge is 0.475 e. The maximum Gasteiger partial charge on any atom is 0.490 e. The van der Waals surface area contributed by atoms with E-state index in [1.165, 1.54) is 12.0 Å². The number of amides is 1. The van der Waals surface area contributed by atoms with Crippen molar-refractivity contribution in [1.29, 1.82) is 0 Å². The molecule has 162 valence electrons. The fraction of sp³-hybridized carbons (Fsp3) is 0.429. The van der Waals surface area contributed by atoms with Crippen molar-refractivity contribution in [3.63, 3.8) is 0 Å². The van der Waals surface area contributed by atoms with Gasteiger partial charge >= 0.3 is 12.1 Å². The molecular weight excluding hydrogens is 417 g/mol. The molecule has 2 aromatic rings. The highest BCUT2D eigenvalue weighted by Gasteiger charge is 2.50. The minimum atomic E-state index is -5.08. The predicted octanol–water partition coefficient (Wildman–Crippen LogP) is 3.87. The second kappa shape index (κ2) is 8.77. The number of nitrogens with zero attached hydrogens (tertiary/aromatic N) is 2. The molecule has 1 aromatic carbocycles. The second-order valence-electron chi connectivity index (χ2n) is 7.58.